The summed E-state index contributed by atoms with van der Waals surface area (Å²) in [5.41, 5.74) is 0. The van der Waals surface area contributed by atoms with Crippen molar-refractivity contribution in [2.45, 2.75) is 19.3 Å². The quantitative estimate of drug-likeness (QED) is 0.431. The van der Waals surface area contributed by atoms with E-state index >= 15 is 0 Å². The second kappa shape index (κ2) is 2.69. The third kappa shape index (κ3) is 1.97. The second-order valence-corrected chi connectivity index (χ2v) is 2.63. The fraction of sp³-hybridized carbons (Fsp3) is 1.00. The largest absolute Gasteiger partial charge is 0.437 e. The zero-order valence-corrected chi connectivity index (χ0v) is 5.54. The maximum Gasteiger partial charge on any atom is 0.373 e. The molecule has 1 saturated carbocycles. The minimum absolute atomic E-state index is 0.240. The van der Waals surface area contributed by atoms with Gasteiger partial charge in [-0.3, -0.25) is 0 Å². The van der Waals surface area contributed by atoms with Gasteiger partial charge >= 0.3 is 7.05 Å². The van der Waals surface area contributed by atoms with Gasteiger partial charge in [-0.15, -0.1) is 0 Å². The number of aliphatic hydroxyl groups is 1. The number of hydrogen-bond acceptors (Lipinski definition) is 3. The predicted octanol–water partition coefficient (Wildman–Crippen LogP) is -0.933. The van der Waals surface area contributed by atoms with Gasteiger partial charge in [0, 0.05) is 12.6 Å². The summed E-state index contributed by atoms with van der Waals surface area (Å²) in [6, 6.07) is 0.356. The lowest BCUT2D eigenvalue weighted by Gasteiger charge is -2.00. The van der Waals surface area contributed by atoms with Crippen LogP contribution in [0.25, 0.3) is 0 Å². The molecule has 9 heavy (non-hydrogen) atoms. The highest BCUT2D eigenvalue weighted by atomic mass is 16.3. The van der Waals surface area contributed by atoms with E-state index in [9.17, 15) is 0 Å². The van der Waals surface area contributed by atoms with Gasteiger partial charge in [-0.05, 0) is 19.2 Å². The summed E-state index contributed by atoms with van der Waals surface area (Å²) in [4.78, 5) is 0. The molecule has 0 radical (unpaired) electrons. The molecule has 0 heterocycles. The molecule has 0 aromatic carbocycles. The van der Waals surface area contributed by atoms with Gasteiger partial charge in [-0.2, -0.15) is 0 Å². The van der Waals surface area contributed by atoms with Crippen molar-refractivity contribution in [1.29, 1.82) is 0 Å². The first kappa shape index (κ1) is 7.06. The van der Waals surface area contributed by atoms with Crippen LogP contribution in [0.5, 0.6) is 0 Å². The molecule has 1 aliphatic rings. The van der Waals surface area contributed by atoms with Crippen molar-refractivity contribution in [2.75, 3.05) is 6.61 Å². The molecule has 0 spiro atoms. The lowest BCUT2D eigenvalue weighted by atomic mass is 9.89. The molecule has 1 rings (SSSR count). The molecule has 1 fully saturated rings. The first-order chi connectivity index (χ1) is 4.24. The van der Waals surface area contributed by atoms with Crippen LogP contribution in [0.2, 0.25) is 6.82 Å². The van der Waals surface area contributed by atoms with Crippen LogP contribution in [-0.2, 0) is 0 Å². The van der Waals surface area contributed by atoms with Crippen molar-refractivity contribution in [3.63, 3.8) is 0 Å². The molecule has 3 N–H and O–H groups in total. The Morgan fingerprint density at radius 2 is 2.44 bits per heavy atom. The summed E-state index contributed by atoms with van der Waals surface area (Å²) in [6.07, 6.45) is 1.00. The van der Waals surface area contributed by atoms with Crippen LogP contribution in [0, 0.1) is 5.92 Å². The zero-order valence-electron chi connectivity index (χ0n) is 5.54. The minimum Gasteiger partial charge on any atom is -0.437 e. The summed E-state index contributed by atoms with van der Waals surface area (Å²) in [5, 5.41) is 20.3. The smallest absolute Gasteiger partial charge is 0.373 e. The molecule has 2 unspecified atom stereocenters. The van der Waals surface area contributed by atoms with E-state index < -0.39 is 7.05 Å². The van der Waals surface area contributed by atoms with Crippen molar-refractivity contribution in [3.8, 4) is 0 Å². The van der Waals surface area contributed by atoms with Crippen LogP contribution in [0.3, 0.4) is 0 Å². The fourth-order valence-electron chi connectivity index (χ4n) is 0.963. The van der Waals surface area contributed by atoms with Gasteiger partial charge < -0.3 is 15.4 Å². The number of aliphatic hydroxyl groups excluding tert-OH is 1. The molecular weight excluding hydrogens is 117 g/mol. The minimum atomic E-state index is -0.438. The summed E-state index contributed by atoms with van der Waals surface area (Å²) < 4.78 is 0. The zero-order chi connectivity index (χ0) is 6.85. The Hall–Kier alpha value is -0.0551. The molecule has 3 nitrogen and oxygen atoms in total. The average molecular weight is 129 g/mol. The van der Waals surface area contributed by atoms with Gasteiger partial charge in [0.25, 0.3) is 0 Å². The summed E-state index contributed by atoms with van der Waals surface area (Å²) in [7, 11) is -0.438. The van der Waals surface area contributed by atoms with Crippen LogP contribution >= 0.6 is 0 Å². The van der Waals surface area contributed by atoms with Crippen LogP contribution in [-0.4, -0.2) is 29.8 Å². The summed E-state index contributed by atoms with van der Waals surface area (Å²) in [6.45, 7) is 1.93. The Balaban J connectivity index is 2.05. The molecular formula is C5H12BNO2. The van der Waals surface area contributed by atoms with Crippen molar-refractivity contribution < 1.29 is 10.1 Å². The van der Waals surface area contributed by atoms with E-state index in [2.05, 4.69) is 5.23 Å². The maximum absolute atomic E-state index is 8.78. The third-order valence-corrected chi connectivity index (χ3v) is 1.61. The molecule has 0 aliphatic heterocycles. The normalized spacial score (nSPS) is 32.3. The molecule has 0 saturated heterocycles. The first-order valence-electron chi connectivity index (χ1n) is 3.29. The van der Waals surface area contributed by atoms with Gasteiger partial charge in [0.2, 0.25) is 0 Å². The van der Waals surface area contributed by atoms with Crippen molar-refractivity contribution >= 4 is 7.05 Å². The van der Waals surface area contributed by atoms with Gasteiger partial charge in [0.1, 0.15) is 0 Å². The van der Waals surface area contributed by atoms with Gasteiger partial charge in [0.05, 0.1) is 0 Å². The van der Waals surface area contributed by atoms with E-state index in [-0.39, 0.29) is 6.61 Å². The Morgan fingerprint density at radius 3 is 2.78 bits per heavy atom. The lowest BCUT2D eigenvalue weighted by Crippen LogP contribution is -2.33. The van der Waals surface area contributed by atoms with Crippen LogP contribution in [0.15, 0.2) is 0 Å². The third-order valence-electron chi connectivity index (χ3n) is 1.61. The van der Waals surface area contributed by atoms with E-state index in [1.165, 1.54) is 0 Å². The first-order valence-corrected chi connectivity index (χ1v) is 3.29. The van der Waals surface area contributed by atoms with Gasteiger partial charge in [0.15, 0.2) is 0 Å². The van der Waals surface area contributed by atoms with Gasteiger partial charge in [-0.1, -0.05) is 0 Å². The Bertz CT molecular complexity index is 99.0. The molecule has 0 bridgehead atoms. The topological polar surface area (TPSA) is 52.5 Å². The van der Waals surface area contributed by atoms with E-state index in [1.807, 2.05) is 0 Å². The van der Waals surface area contributed by atoms with Crippen LogP contribution in [0.1, 0.15) is 6.42 Å². The second-order valence-electron chi connectivity index (χ2n) is 2.63. The predicted molar refractivity (Wildman–Crippen MR) is 36.0 cm³/mol. The molecule has 2 atom stereocenters. The van der Waals surface area contributed by atoms with Crippen molar-refractivity contribution in [3.05, 3.63) is 0 Å². The van der Waals surface area contributed by atoms with Crippen molar-refractivity contribution in [1.82, 2.24) is 5.23 Å². The maximum atomic E-state index is 8.78. The molecule has 0 amide bonds. The average Bonchev–Trinajstić information content (AvgIpc) is 2.45. The highest BCUT2D eigenvalue weighted by Gasteiger charge is 2.36. The van der Waals surface area contributed by atoms with Crippen molar-refractivity contribution in [2.24, 2.45) is 5.92 Å². The fourth-order valence-corrected chi connectivity index (χ4v) is 0.963. The summed E-state index contributed by atoms with van der Waals surface area (Å²) in [5.74, 6) is 0.389. The summed E-state index contributed by atoms with van der Waals surface area (Å²) >= 11 is 0. The van der Waals surface area contributed by atoms with E-state index in [1.54, 1.807) is 6.82 Å². The molecule has 4 heteroatoms. The van der Waals surface area contributed by atoms with Gasteiger partial charge in [-0.25, -0.2) is 0 Å². The molecule has 0 aromatic heterocycles. The van der Waals surface area contributed by atoms with Crippen LogP contribution in [0.4, 0.5) is 0 Å². The highest BCUT2D eigenvalue weighted by Crippen LogP contribution is 2.29. The Labute approximate surface area is 55.2 Å². The Kier molecular flexibility index (Phi) is 2.11. The lowest BCUT2D eigenvalue weighted by molar-refractivity contribution is 0.272. The monoisotopic (exact) mass is 129 g/mol. The standard InChI is InChI=1S/C5H12BNO2/c1-6(9)7-5-2-4(5)3-8/h4-5,7-9H,2-3H2,1H3. The Morgan fingerprint density at radius 1 is 1.78 bits per heavy atom. The van der Waals surface area contributed by atoms with E-state index in [0.717, 1.165) is 6.42 Å². The highest BCUT2D eigenvalue weighted by molar-refractivity contribution is 6.45. The molecule has 1 aliphatic carbocycles. The SMILES string of the molecule is CB(O)NC1CC1CO. The number of nitrogens with one attached hydrogen (secondary N) is 1. The van der Waals surface area contributed by atoms with E-state index in [0.29, 0.717) is 12.0 Å². The van der Waals surface area contributed by atoms with E-state index in [4.69, 9.17) is 10.1 Å². The molecule has 0 aromatic rings. The number of rotatable bonds is 3. The number of hydrogen-bond donors (Lipinski definition) is 3. The molecule has 52 valence electrons. The van der Waals surface area contributed by atoms with Crippen LogP contribution < -0.4 is 5.23 Å².